The van der Waals surface area contributed by atoms with Gasteiger partial charge in [-0.15, -0.1) is 34.0 Å². The van der Waals surface area contributed by atoms with Gasteiger partial charge in [-0.2, -0.15) is 5.26 Å². The van der Waals surface area contributed by atoms with Crippen molar-refractivity contribution in [2.75, 3.05) is 0 Å². The first-order chi connectivity index (χ1) is 40.1. The summed E-state index contributed by atoms with van der Waals surface area (Å²) in [6, 6.07) is 89.7. The maximum atomic E-state index is 12.6. The minimum Gasteiger partial charge on any atom is -0.316 e. The zero-order valence-corrected chi connectivity index (χ0v) is 45.6. The Bertz CT molecular complexity index is 5490. The number of aromatic nitrogens is 2. The van der Waals surface area contributed by atoms with E-state index in [0.717, 1.165) is 124 Å². The molecule has 81 heavy (non-hydrogen) atoms. The van der Waals surface area contributed by atoms with Crippen LogP contribution in [0.15, 0.2) is 243 Å². The highest BCUT2D eigenvalue weighted by Gasteiger charge is 2.34. The molecule has 0 radical (unpaired) electrons. The molecule has 17 rings (SSSR count). The minimum absolute atomic E-state index is 0.406. The predicted octanol–water partition coefficient (Wildman–Crippen LogP) is 22.1. The molecule has 17 aromatic rings. The van der Waals surface area contributed by atoms with Crippen LogP contribution in [0.1, 0.15) is 5.56 Å². The lowest BCUT2D eigenvalue weighted by Gasteiger charge is -2.26. The van der Waals surface area contributed by atoms with Crippen molar-refractivity contribution in [1.29, 1.82) is 5.26 Å². The highest BCUT2D eigenvalue weighted by Crippen LogP contribution is 2.56. The van der Waals surface area contributed by atoms with Crippen molar-refractivity contribution >= 4 is 144 Å². The Morgan fingerprint density at radius 1 is 0.333 bits per heavy atom. The van der Waals surface area contributed by atoms with Crippen LogP contribution in [0.3, 0.4) is 0 Å². The maximum Gasteiger partial charge on any atom is 0.220 e. The zero-order valence-electron chi connectivity index (χ0n) is 43.1. The summed E-state index contributed by atoms with van der Waals surface area (Å²) in [5.41, 5.74) is 13.6. The van der Waals surface area contributed by atoms with E-state index in [1.807, 2.05) is 6.07 Å². The second kappa shape index (κ2) is 17.7. The Kier molecular flexibility index (Phi) is 10.0. The third kappa shape index (κ3) is 6.60. The molecule has 0 atom stereocenters. The molecule has 0 bridgehead atoms. The van der Waals surface area contributed by atoms with Crippen LogP contribution in [-0.2, 0) is 0 Å². The SMILES string of the molecule is [C-]#[N+]c1c(-c2cccc(-c3ccccc3)c2)c(C#N)c(-n2c3ccccc3c3ccc4c5ccccc5sc4c32)c(-c2cccc(-c3ccccc3)c2)c1-n1c2c(ccc3c4ccccc4sc32)c2ccc3c4ccccc4sc3c21. The predicted molar refractivity (Wildman–Crippen MR) is 347 cm³/mol. The van der Waals surface area contributed by atoms with Gasteiger partial charge < -0.3 is 9.13 Å². The van der Waals surface area contributed by atoms with Crippen LogP contribution >= 0.6 is 34.0 Å². The van der Waals surface area contributed by atoms with E-state index in [-0.39, 0.29) is 0 Å². The minimum atomic E-state index is 0.406. The van der Waals surface area contributed by atoms with E-state index in [2.05, 4.69) is 252 Å². The number of fused-ring (bicyclic) bond motifs is 18. The van der Waals surface area contributed by atoms with Crippen LogP contribution in [0, 0.1) is 17.9 Å². The second-order valence-electron chi connectivity index (χ2n) is 20.8. The van der Waals surface area contributed by atoms with E-state index < -0.39 is 0 Å². The number of nitrogens with zero attached hydrogens (tertiary/aromatic N) is 4. The molecule has 0 aliphatic rings. The van der Waals surface area contributed by atoms with Crippen molar-refractivity contribution in [2.45, 2.75) is 0 Å². The molecule has 0 unspecified atom stereocenters. The molecule has 0 N–H and O–H groups in total. The van der Waals surface area contributed by atoms with E-state index in [0.29, 0.717) is 16.8 Å². The van der Waals surface area contributed by atoms with Crippen molar-refractivity contribution in [3.63, 3.8) is 0 Å². The lowest BCUT2D eigenvalue weighted by molar-refractivity contribution is 1.14. The van der Waals surface area contributed by atoms with E-state index in [1.165, 1.54) is 30.3 Å². The lowest BCUT2D eigenvalue weighted by Crippen LogP contribution is -2.09. The van der Waals surface area contributed by atoms with Crippen molar-refractivity contribution in [3.8, 4) is 62.0 Å². The normalized spacial score (nSPS) is 11.9. The summed E-state index contributed by atoms with van der Waals surface area (Å²) in [6.45, 7) is 9.90. The van der Waals surface area contributed by atoms with Crippen molar-refractivity contribution < 1.29 is 0 Å². The number of thiophene rings is 3. The van der Waals surface area contributed by atoms with E-state index in [4.69, 9.17) is 4.85 Å². The molecule has 7 heteroatoms. The first-order valence-electron chi connectivity index (χ1n) is 27.0. The van der Waals surface area contributed by atoms with E-state index >= 15 is 0 Å². The smallest absolute Gasteiger partial charge is 0.220 e. The van der Waals surface area contributed by atoms with Gasteiger partial charge >= 0.3 is 0 Å². The number of hydrogen-bond donors (Lipinski definition) is 0. The Morgan fingerprint density at radius 3 is 1.20 bits per heavy atom. The van der Waals surface area contributed by atoms with Crippen LogP contribution in [0.25, 0.3) is 165 Å². The molecule has 0 amide bonds. The second-order valence-corrected chi connectivity index (χ2v) is 23.9. The van der Waals surface area contributed by atoms with Gasteiger partial charge in [0.1, 0.15) is 6.07 Å². The molecule has 4 nitrogen and oxygen atoms in total. The molecular formula is C74H40N4S3. The largest absolute Gasteiger partial charge is 0.316 e. The fraction of sp³-hybridized carbons (Fsp3) is 0. The van der Waals surface area contributed by atoms with Gasteiger partial charge in [0, 0.05) is 79.1 Å². The number of nitriles is 1. The first kappa shape index (κ1) is 45.9. The van der Waals surface area contributed by atoms with Crippen LogP contribution in [-0.4, -0.2) is 9.13 Å². The quantitative estimate of drug-likeness (QED) is 0.153. The van der Waals surface area contributed by atoms with Crippen LogP contribution in [0.5, 0.6) is 0 Å². The van der Waals surface area contributed by atoms with Gasteiger partial charge in [0.05, 0.1) is 59.7 Å². The summed E-state index contributed by atoms with van der Waals surface area (Å²) in [5, 5.41) is 24.0. The van der Waals surface area contributed by atoms with Crippen molar-refractivity contribution in [1.82, 2.24) is 9.13 Å². The summed E-state index contributed by atoms with van der Waals surface area (Å²) in [7, 11) is 0. The summed E-state index contributed by atoms with van der Waals surface area (Å²) in [5.74, 6) is 0. The number of hydrogen-bond acceptors (Lipinski definition) is 4. The molecule has 5 aromatic heterocycles. The topological polar surface area (TPSA) is 38.0 Å². The van der Waals surface area contributed by atoms with Crippen LogP contribution < -0.4 is 0 Å². The molecule has 0 aliphatic heterocycles. The summed E-state index contributed by atoms with van der Waals surface area (Å²) < 4.78 is 11.9. The van der Waals surface area contributed by atoms with Gasteiger partial charge in [-0.25, -0.2) is 4.85 Å². The molecule has 12 aromatic carbocycles. The van der Waals surface area contributed by atoms with Crippen LogP contribution in [0.4, 0.5) is 5.69 Å². The summed E-state index contributed by atoms with van der Waals surface area (Å²) in [4.78, 5) is 4.84. The van der Waals surface area contributed by atoms with Gasteiger partial charge in [-0.3, -0.25) is 0 Å². The van der Waals surface area contributed by atoms with Gasteiger partial charge in [-0.1, -0.05) is 206 Å². The number of benzene rings is 12. The molecular weight excluding hydrogens is 1040 g/mol. The Balaban J connectivity index is 1.18. The highest BCUT2D eigenvalue weighted by molar-refractivity contribution is 7.27. The zero-order chi connectivity index (χ0) is 53.4. The Labute approximate surface area is 476 Å². The molecule has 0 saturated heterocycles. The summed E-state index contributed by atoms with van der Waals surface area (Å²) in [6.07, 6.45) is 0. The van der Waals surface area contributed by atoms with Crippen molar-refractivity contribution in [3.05, 3.63) is 260 Å². The third-order valence-electron chi connectivity index (χ3n) is 16.6. The molecule has 374 valence electrons. The van der Waals surface area contributed by atoms with Crippen LogP contribution in [0.2, 0.25) is 0 Å². The van der Waals surface area contributed by atoms with E-state index in [9.17, 15) is 11.8 Å². The van der Waals surface area contributed by atoms with Gasteiger partial charge in [0.25, 0.3) is 0 Å². The Morgan fingerprint density at radius 2 is 0.716 bits per heavy atom. The average Bonchev–Trinajstić information content (AvgIpc) is 4.46. The van der Waals surface area contributed by atoms with Gasteiger partial charge in [0.15, 0.2) is 0 Å². The maximum absolute atomic E-state index is 12.6. The molecule has 0 aliphatic carbocycles. The van der Waals surface area contributed by atoms with Gasteiger partial charge in [-0.05, 0) is 69.8 Å². The molecule has 0 saturated carbocycles. The van der Waals surface area contributed by atoms with Crippen molar-refractivity contribution in [2.24, 2.45) is 0 Å². The molecule has 5 heterocycles. The monoisotopic (exact) mass is 1080 g/mol. The van der Waals surface area contributed by atoms with Gasteiger partial charge in [0.2, 0.25) is 5.69 Å². The van der Waals surface area contributed by atoms with E-state index in [1.54, 1.807) is 34.0 Å². The average molecular weight is 1080 g/mol. The highest BCUT2D eigenvalue weighted by atomic mass is 32.1. The Hall–Kier alpha value is -10.1. The third-order valence-corrected chi connectivity index (χ3v) is 20.1. The summed E-state index contributed by atoms with van der Waals surface area (Å²) >= 11 is 5.41. The fourth-order valence-corrected chi connectivity index (χ4v) is 16.8. The number of para-hydroxylation sites is 1. The molecule has 0 fully saturated rings. The standard InChI is InChI=1S/C74H40N4S3/c1-76-66-64(47-24-16-22-45(40-47)43-18-4-2-5-19-43)59(42-75)67(77-60-30-12-8-26-49(60)53-34-37-56-50-27-9-13-31-61(50)79-72(56)68(53)77)65(48-25-17-23-46(41-48)44-20-6-3-7-21-44)71(66)78-69-54(35-38-57-51-28-10-14-32-62(51)80-73(57)69)55-36-39-58-52-29-11-15-33-63(52)81-74(58)70(55)78/h2-41H. The molecule has 0 spiro atoms. The number of rotatable bonds is 6. The fourth-order valence-electron chi connectivity index (χ4n) is 13.1. The first-order valence-corrected chi connectivity index (χ1v) is 29.4. The lowest BCUT2D eigenvalue weighted by atomic mass is 9.87.